The van der Waals surface area contributed by atoms with Crippen LogP contribution < -0.4 is 5.32 Å². The van der Waals surface area contributed by atoms with Crippen molar-refractivity contribution < 1.29 is 14.7 Å². The highest BCUT2D eigenvalue weighted by atomic mass is 32.1. The number of hydrogen-bond donors (Lipinski definition) is 2. The van der Waals surface area contributed by atoms with Crippen LogP contribution in [0.2, 0.25) is 0 Å². The van der Waals surface area contributed by atoms with Crippen molar-refractivity contribution in [3.8, 4) is 0 Å². The van der Waals surface area contributed by atoms with Gasteiger partial charge in [0.1, 0.15) is 10.9 Å². The van der Waals surface area contributed by atoms with Crippen LogP contribution in [0.3, 0.4) is 0 Å². The molecule has 0 bridgehead atoms. The Morgan fingerprint density at radius 2 is 2.30 bits per heavy atom. The van der Waals surface area contributed by atoms with Crippen molar-refractivity contribution in [3.05, 3.63) is 40.3 Å². The molecule has 2 rings (SSSR count). The van der Waals surface area contributed by atoms with Gasteiger partial charge < -0.3 is 10.4 Å². The minimum absolute atomic E-state index is 0.124. The van der Waals surface area contributed by atoms with Crippen LogP contribution in [0.1, 0.15) is 33.9 Å². The molecule has 6 nitrogen and oxygen atoms in total. The first kappa shape index (κ1) is 14.3. The first-order valence-corrected chi connectivity index (χ1v) is 7.02. The number of rotatable bonds is 6. The number of carboxylic acid groups (broad SMARTS) is 1. The van der Waals surface area contributed by atoms with Gasteiger partial charge in [-0.3, -0.25) is 9.48 Å². The average Bonchev–Trinajstić information content (AvgIpc) is 3.08. The van der Waals surface area contributed by atoms with E-state index in [4.69, 9.17) is 5.11 Å². The van der Waals surface area contributed by atoms with Crippen LogP contribution in [-0.4, -0.2) is 26.8 Å². The maximum atomic E-state index is 12.1. The zero-order chi connectivity index (χ0) is 14.5. The Labute approximate surface area is 120 Å². The predicted octanol–water partition coefficient (Wildman–Crippen LogP) is 1.91. The first-order valence-electron chi connectivity index (χ1n) is 6.20. The zero-order valence-corrected chi connectivity index (χ0v) is 11.8. The van der Waals surface area contributed by atoms with E-state index in [2.05, 4.69) is 10.4 Å². The first-order chi connectivity index (χ1) is 9.61. The van der Waals surface area contributed by atoms with Crippen molar-refractivity contribution in [1.82, 2.24) is 15.1 Å². The summed E-state index contributed by atoms with van der Waals surface area (Å²) in [4.78, 5) is 24.0. The molecule has 1 atom stereocenters. The van der Waals surface area contributed by atoms with Gasteiger partial charge in [0.05, 0.1) is 6.54 Å². The molecule has 2 N–H and O–H groups in total. The third kappa shape index (κ3) is 3.24. The zero-order valence-electron chi connectivity index (χ0n) is 10.9. The van der Waals surface area contributed by atoms with E-state index in [9.17, 15) is 9.59 Å². The fourth-order valence-corrected chi connectivity index (χ4v) is 2.62. The Hall–Kier alpha value is -2.15. The maximum Gasteiger partial charge on any atom is 0.345 e. The van der Waals surface area contributed by atoms with Crippen molar-refractivity contribution in [2.45, 2.75) is 25.9 Å². The van der Waals surface area contributed by atoms with Crippen molar-refractivity contribution in [2.75, 3.05) is 0 Å². The van der Waals surface area contributed by atoms with Crippen molar-refractivity contribution in [3.63, 3.8) is 0 Å². The molecule has 0 aliphatic rings. The molecular weight excluding hydrogens is 278 g/mol. The number of hydrogen-bond acceptors (Lipinski definition) is 4. The highest BCUT2D eigenvalue weighted by molar-refractivity contribution is 7.13. The third-order valence-electron chi connectivity index (χ3n) is 2.84. The van der Waals surface area contributed by atoms with Gasteiger partial charge in [-0.1, -0.05) is 6.92 Å². The highest BCUT2D eigenvalue weighted by Crippen LogP contribution is 2.17. The number of amides is 1. The monoisotopic (exact) mass is 293 g/mol. The smallest absolute Gasteiger partial charge is 0.345 e. The molecule has 106 valence electrons. The Morgan fingerprint density at radius 1 is 1.50 bits per heavy atom. The molecule has 0 aromatic carbocycles. The minimum Gasteiger partial charge on any atom is -0.477 e. The summed E-state index contributed by atoms with van der Waals surface area (Å²) in [7, 11) is 0. The molecule has 0 spiro atoms. The lowest BCUT2D eigenvalue weighted by molar-refractivity contribution is -0.124. The molecule has 20 heavy (non-hydrogen) atoms. The summed E-state index contributed by atoms with van der Waals surface area (Å²) < 4.78 is 1.62. The van der Waals surface area contributed by atoms with Gasteiger partial charge in [0.15, 0.2) is 0 Å². The van der Waals surface area contributed by atoms with Crippen molar-refractivity contribution in [1.29, 1.82) is 0 Å². The number of aromatic nitrogens is 2. The number of nitrogens with zero attached hydrogens (tertiary/aromatic N) is 2. The molecular formula is C13H15N3O3S. The largest absolute Gasteiger partial charge is 0.477 e. The van der Waals surface area contributed by atoms with E-state index in [0.717, 1.165) is 16.2 Å². The molecule has 1 amide bonds. The molecule has 0 saturated carbocycles. The fraction of sp³-hybridized carbons (Fsp3) is 0.308. The molecule has 0 aliphatic carbocycles. The van der Waals surface area contributed by atoms with Crippen LogP contribution in [0, 0.1) is 0 Å². The number of carbonyl (C=O) groups excluding carboxylic acids is 1. The van der Waals surface area contributed by atoms with Gasteiger partial charge in [0, 0.05) is 17.3 Å². The Bertz CT molecular complexity index is 592. The van der Waals surface area contributed by atoms with Gasteiger partial charge in [-0.2, -0.15) is 5.10 Å². The summed E-state index contributed by atoms with van der Waals surface area (Å²) in [5.74, 6) is -1.07. The summed E-state index contributed by atoms with van der Waals surface area (Å²) in [6, 6.07) is 4.68. The van der Waals surface area contributed by atoms with Crippen LogP contribution >= 0.6 is 11.3 Å². The highest BCUT2D eigenvalue weighted by Gasteiger charge is 2.18. The topological polar surface area (TPSA) is 84.2 Å². The fourth-order valence-electron chi connectivity index (χ4n) is 1.84. The normalized spacial score (nSPS) is 12.1. The Balaban J connectivity index is 1.95. The van der Waals surface area contributed by atoms with E-state index in [-0.39, 0.29) is 16.8 Å². The van der Waals surface area contributed by atoms with Crippen molar-refractivity contribution >= 4 is 23.2 Å². The molecule has 0 aliphatic heterocycles. The molecule has 2 heterocycles. The predicted molar refractivity (Wildman–Crippen MR) is 74.7 cm³/mol. The summed E-state index contributed by atoms with van der Waals surface area (Å²) >= 11 is 1.16. The summed E-state index contributed by atoms with van der Waals surface area (Å²) in [5.41, 5.74) is 0. The number of carboxylic acids is 1. The summed E-state index contributed by atoms with van der Waals surface area (Å²) in [6.07, 6.45) is 4.02. The van der Waals surface area contributed by atoms with E-state index in [1.165, 1.54) is 0 Å². The van der Waals surface area contributed by atoms with E-state index in [0.29, 0.717) is 13.0 Å². The van der Waals surface area contributed by atoms with Crippen LogP contribution in [-0.2, 0) is 11.3 Å². The molecule has 2 aromatic heterocycles. The SMILES string of the molecule is CCC(C(=O)NCc1ccc(C(=O)O)s1)n1cccn1. The van der Waals surface area contributed by atoms with Gasteiger partial charge >= 0.3 is 5.97 Å². The van der Waals surface area contributed by atoms with Gasteiger partial charge in [-0.25, -0.2) is 4.79 Å². The summed E-state index contributed by atoms with van der Waals surface area (Å²) in [5, 5.41) is 15.7. The number of nitrogens with one attached hydrogen (secondary N) is 1. The molecule has 2 aromatic rings. The Kier molecular flexibility index (Phi) is 4.52. The number of carbonyl (C=O) groups is 2. The van der Waals surface area contributed by atoms with Gasteiger partial charge in [0.2, 0.25) is 5.91 Å². The van der Waals surface area contributed by atoms with E-state index in [1.54, 1.807) is 35.3 Å². The number of thiophene rings is 1. The van der Waals surface area contributed by atoms with E-state index in [1.807, 2.05) is 6.92 Å². The average molecular weight is 293 g/mol. The quantitative estimate of drug-likeness (QED) is 0.852. The van der Waals surface area contributed by atoms with Crippen LogP contribution in [0.25, 0.3) is 0 Å². The lowest BCUT2D eigenvalue weighted by Gasteiger charge is -2.15. The molecule has 0 fully saturated rings. The van der Waals surface area contributed by atoms with Gasteiger partial charge in [-0.05, 0) is 24.6 Å². The second-order valence-corrected chi connectivity index (χ2v) is 5.37. The molecule has 1 unspecified atom stereocenters. The maximum absolute atomic E-state index is 12.1. The van der Waals surface area contributed by atoms with Crippen LogP contribution in [0.5, 0.6) is 0 Å². The molecule has 7 heteroatoms. The van der Waals surface area contributed by atoms with E-state index >= 15 is 0 Å². The lowest BCUT2D eigenvalue weighted by atomic mass is 10.2. The van der Waals surface area contributed by atoms with Gasteiger partial charge in [0.25, 0.3) is 0 Å². The Morgan fingerprint density at radius 3 is 2.85 bits per heavy atom. The molecule has 0 saturated heterocycles. The third-order valence-corrected chi connectivity index (χ3v) is 3.92. The summed E-state index contributed by atoms with van der Waals surface area (Å²) in [6.45, 7) is 2.24. The van der Waals surface area contributed by atoms with Crippen LogP contribution in [0.15, 0.2) is 30.6 Å². The number of aromatic carboxylic acids is 1. The second kappa shape index (κ2) is 6.33. The second-order valence-electron chi connectivity index (χ2n) is 4.20. The van der Waals surface area contributed by atoms with Crippen LogP contribution in [0.4, 0.5) is 0 Å². The standard InChI is InChI=1S/C13H15N3O3S/c1-2-10(16-7-3-6-15-16)12(17)14-8-9-4-5-11(20-9)13(18)19/h3-7,10H,2,8H2,1H3,(H,14,17)(H,18,19). The van der Waals surface area contributed by atoms with Gasteiger partial charge in [-0.15, -0.1) is 11.3 Å². The minimum atomic E-state index is -0.949. The molecule has 0 radical (unpaired) electrons. The van der Waals surface area contributed by atoms with Crippen molar-refractivity contribution in [2.24, 2.45) is 0 Å². The lowest BCUT2D eigenvalue weighted by Crippen LogP contribution is -2.31. The van der Waals surface area contributed by atoms with E-state index < -0.39 is 5.97 Å².